The second-order valence-corrected chi connectivity index (χ2v) is 3.07. The van der Waals surface area contributed by atoms with E-state index in [-0.39, 0.29) is 22.9 Å². The topological polar surface area (TPSA) is 17.1 Å². The summed E-state index contributed by atoms with van der Waals surface area (Å²) in [5.41, 5.74) is 0.644. The smallest absolute Gasteiger partial charge is 0.136 e. The van der Waals surface area contributed by atoms with Gasteiger partial charge in [0.2, 0.25) is 0 Å². The third-order valence-corrected chi connectivity index (χ3v) is 2.01. The maximum absolute atomic E-state index is 12.8. The Morgan fingerprint density at radius 2 is 2.25 bits per heavy atom. The first-order valence-electron chi connectivity index (χ1n) is 3.57. The highest BCUT2D eigenvalue weighted by Gasteiger charge is 2.05. The van der Waals surface area contributed by atoms with Gasteiger partial charge in [-0.3, -0.25) is 4.79 Å². The molecule has 0 unspecified atom stereocenters. The molecule has 0 heterocycles. The van der Waals surface area contributed by atoms with Crippen LogP contribution in [-0.4, -0.2) is 5.78 Å². The van der Waals surface area contributed by atoms with Gasteiger partial charge < -0.3 is 0 Å². The van der Waals surface area contributed by atoms with Gasteiger partial charge in [-0.25, -0.2) is 4.39 Å². The Morgan fingerprint density at radius 3 is 2.83 bits per heavy atom. The lowest BCUT2D eigenvalue weighted by atomic mass is 10.1. The van der Waals surface area contributed by atoms with Gasteiger partial charge in [0.15, 0.2) is 0 Å². The highest BCUT2D eigenvalue weighted by molar-refractivity contribution is 7.80. The minimum absolute atomic E-state index is 0.0101. The maximum Gasteiger partial charge on any atom is 0.136 e. The van der Waals surface area contributed by atoms with Gasteiger partial charge in [-0.15, -0.1) is 12.6 Å². The number of hydrogen-bond donors (Lipinski definition) is 1. The molecule has 0 N–H and O–H groups in total. The molecule has 0 aliphatic rings. The zero-order valence-electron chi connectivity index (χ0n) is 6.67. The fourth-order valence-corrected chi connectivity index (χ4v) is 1.20. The van der Waals surface area contributed by atoms with Crippen molar-refractivity contribution in [2.75, 3.05) is 0 Å². The van der Waals surface area contributed by atoms with E-state index in [1.807, 2.05) is 0 Å². The van der Waals surface area contributed by atoms with E-state index in [1.54, 1.807) is 12.1 Å². The summed E-state index contributed by atoms with van der Waals surface area (Å²) in [5.74, 6) is -0.368. The van der Waals surface area contributed by atoms with E-state index in [0.29, 0.717) is 5.56 Å². The van der Waals surface area contributed by atoms with Gasteiger partial charge in [0.05, 0.1) is 0 Å². The zero-order chi connectivity index (χ0) is 9.14. The molecule has 0 aliphatic carbocycles. The number of halogens is 1. The Bertz CT molecular complexity index is 309. The van der Waals surface area contributed by atoms with Gasteiger partial charge in [0.25, 0.3) is 0 Å². The number of hydrogen-bond acceptors (Lipinski definition) is 2. The first-order valence-corrected chi connectivity index (χ1v) is 4.02. The van der Waals surface area contributed by atoms with E-state index in [4.69, 9.17) is 0 Å². The summed E-state index contributed by atoms with van der Waals surface area (Å²) in [5, 5.41) is 0. The Balaban J connectivity index is 3.00. The van der Waals surface area contributed by atoms with Gasteiger partial charge in [-0.1, -0.05) is 12.1 Å². The van der Waals surface area contributed by atoms with E-state index in [2.05, 4.69) is 12.6 Å². The average molecular weight is 184 g/mol. The molecule has 12 heavy (non-hydrogen) atoms. The molecule has 0 amide bonds. The summed E-state index contributed by atoms with van der Waals surface area (Å²) in [6.45, 7) is 1.47. The van der Waals surface area contributed by atoms with Crippen LogP contribution < -0.4 is 0 Å². The molecule has 0 spiro atoms. The van der Waals surface area contributed by atoms with Crippen molar-refractivity contribution < 1.29 is 9.18 Å². The number of carbonyl (C=O) groups excluding carboxylic acids is 1. The summed E-state index contributed by atoms with van der Waals surface area (Å²) in [7, 11) is 0. The Labute approximate surface area is 76.0 Å². The molecular formula is C9H9FOS. The molecule has 1 aromatic rings. The van der Waals surface area contributed by atoms with E-state index in [9.17, 15) is 9.18 Å². The Hall–Kier alpha value is -0.830. The lowest BCUT2D eigenvalue weighted by molar-refractivity contribution is -0.116. The molecule has 64 valence electrons. The molecule has 1 aromatic carbocycles. The molecule has 0 bridgehead atoms. The van der Waals surface area contributed by atoms with Crippen LogP contribution >= 0.6 is 12.6 Å². The fraction of sp³-hybridized carbons (Fsp3) is 0.222. The van der Waals surface area contributed by atoms with Crippen molar-refractivity contribution in [3.63, 3.8) is 0 Å². The number of thiol groups is 1. The van der Waals surface area contributed by atoms with Crippen molar-refractivity contribution in [2.45, 2.75) is 18.2 Å². The molecule has 1 rings (SSSR count). The van der Waals surface area contributed by atoms with Gasteiger partial charge in [-0.05, 0) is 18.6 Å². The van der Waals surface area contributed by atoms with Crippen molar-refractivity contribution in [1.29, 1.82) is 0 Å². The van der Waals surface area contributed by atoms with Crippen LogP contribution in [0.5, 0.6) is 0 Å². The minimum Gasteiger partial charge on any atom is -0.300 e. The molecule has 0 saturated carbocycles. The van der Waals surface area contributed by atoms with Crippen LogP contribution in [0.3, 0.4) is 0 Å². The highest BCUT2D eigenvalue weighted by atomic mass is 32.1. The second kappa shape index (κ2) is 3.72. The lowest BCUT2D eigenvalue weighted by Crippen LogP contribution is -1.98. The fourth-order valence-electron chi connectivity index (χ4n) is 0.971. The molecule has 0 radical (unpaired) electrons. The van der Waals surface area contributed by atoms with Crippen LogP contribution in [0.15, 0.2) is 23.1 Å². The molecular weight excluding hydrogens is 175 g/mol. The van der Waals surface area contributed by atoms with Gasteiger partial charge in [-0.2, -0.15) is 0 Å². The Kier molecular flexibility index (Phi) is 2.87. The zero-order valence-corrected chi connectivity index (χ0v) is 7.57. The summed E-state index contributed by atoms with van der Waals surface area (Å²) < 4.78 is 12.8. The third-order valence-electron chi connectivity index (χ3n) is 1.51. The van der Waals surface area contributed by atoms with E-state index in [0.717, 1.165) is 0 Å². The second-order valence-electron chi connectivity index (χ2n) is 2.63. The van der Waals surface area contributed by atoms with E-state index < -0.39 is 0 Å². The molecule has 1 nitrogen and oxygen atoms in total. The molecule has 0 saturated heterocycles. The summed E-state index contributed by atoms with van der Waals surface area (Å²) in [6, 6.07) is 4.60. The predicted octanol–water partition coefficient (Wildman–Crippen LogP) is 2.25. The standard InChI is InChI=1S/C9H9FOS/c1-6(11)5-7-3-2-4-8(10)9(7)12/h2-4,12H,5H2,1H3. The monoisotopic (exact) mass is 184 g/mol. The normalized spacial score (nSPS) is 9.92. The van der Waals surface area contributed by atoms with E-state index >= 15 is 0 Å². The SMILES string of the molecule is CC(=O)Cc1cccc(F)c1S. The highest BCUT2D eigenvalue weighted by Crippen LogP contribution is 2.17. The lowest BCUT2D eigenvalue weighted by Gasteiger charge is -2.02. The predicted molar refractivity (Wildman–Crippen MR) is 48.0 cm³/mol. The molecule has 0 atom stereocenters. The van der Waals surface area contributed by atoms with Crippen molar-refractivity contribution >= 4 is 18.4 Å². The number of carbonyl (C=O) groups is 1. The van der Waals surface area contributed by atoms with E-state index in [1.165, 1.54) is 13.0 Å². The number of ketones is 1. The first-order chi connectivity index (χ1) is 5.61. The van der Waals surface area contributed by atoms with Crippen LogP contribution in [0.4, 0.5) is 4.39 Å². The largest absolute Gasteiger partial charge is 0.300 e. The first kappa shape index (κ1) is 9.26. The summed E-state index contributed by atoms with van der Waals surface area (Å²) >= 11 is 3.96. The van der Waals surface area contributed by atoms with Crippen molar-refractivity contribution in [2.24, 2.45) is 0 Å². The van der Waals surface area contributed by atoms with Crippen LogP contribution in [0.2, 0.25) is 0 Å². The minimum atomic E-state index is -0.378. The van der Waals surface area contributed by atoms with Gasteiger partial charge in [0, 0.05) is 11.3 Å². The Morgan fingerprint density at radius 1 is 1.58 bits per heavy atom. The van der Waals surface area contributed by atoms with Gasteiger partial charge in [0.1, 0.15) is 11.6 Å². The summed E-state index contributed by atoms with van der Waals surface area (Å²) in [4.78, 5) is 11.0. The van der Waals surface area contributed by atoms with Gasteiger partial charge >= 0.3 is 0 Å². The molecule has 0 fully saturated rings. The average Bonchev–Trinajstić information content (AvgIpc) is 1.98. The number of benzene rings is 1. The van der Waals surface area contributed by atoms with Crippen LogP contribution in [0.1, 0.15) is 12.5 Å². The molecule has 0 aromatic heterocycles. The molecule has 3 heteroatoms. The maximum atomic E-state index is 12.8. The van der Waals surface area contributed by atoms with Crippen molar-refractivity contribution in [1.82, 2.24) is 0 Å². The number of Topliss-reactive ketones (excluding diaryl/α,β-unsaturated/α-hetero) is 1. The summed E-state index contributed by atoms with van der Waals surface area (Å²) in [6.07, 6.45) is 0.247. The van der Waals surface area contributed by atoms with Crippen molar-refractivity contribution in [3.05, 3.63) is 29.6 Å². The van der Waals surface area contributed by atoms with Crippen molar-refractivity contribution in [3.8, 4) is 0 Å². The third kappa shape index (κ3) is 2.08. The van der Waals surface area contributed by atoms with Crippen LogP contribution in [0, 0.1) is 5.82 Å². The van der Waals surface area contributed by atoms with Crippen LogP contribution in [-0.2, 0) is 11.2 Å². The molecule has 0 aliphatic heterocycles. The number of rotatable bonds is 2. The van der Waals surface area contributed by atoms with Crippen LogP contribution in [0.25, 0.3) is 0 Å². The quantitative estimate of drug-likeness (QED) is 0.697.